The lowest BCUT2D eigenvalue weighted by atomic mass is 9.78. The Morgan fingerprint density at radius 3 is 1.13 bits per heavy atom. The van der Waals surface area contributed by atoms with Crippen LogP contribution in [0.15, 0.2) is 0 Å². The summed E-state index contributed by atoms with van der Waals surface area (Å²) in [5, 5.41) is 0. The molecule has 0 bridgehead atoms. The van der Waals surface area contributed by atoms with Crippen molar-refractivity contribution in [3.8, 4) is 0 Å². The van der Waals surface area contributed by atoms with Crippen LogP contribution in [-0.2, 0) is 19.1 Å². The second kappa shape index (κ2) is 13.5. The van der Waals surface area contributed by atoms with Gasteiger partial charge in [0.2, 0.25) is 0 Å². The number of hydrogen-bond acceptors (Lipinski definition) is 6. The van der Waals surface area contributed by atoms with E-state index in [1.165, 1.54) is 25.7 Å². The Balaban J connectivity index is 1.75. The molecule has 0 aromatic carbocycles. The molecule has 0 aliphatic carbocycles. The second-order valence-corrected chi connectivity index (χ2v) is 14.5. The fraction of sp³-hybridized carbons (Fsp3) is 0.938. The molecular weight excluding hydrogens is 476 g/mol. The smallest absolute Gasteiger partial charge is 0.306 e. The molecule has 0 amide bonds. The summed E-state index contributed by atoms with van der Waals surface area (Å²) in [6, 6.07) is 0. The van der Waals surface area contributed by atoms with Crippen molar-refractivity contribution in [3.05, 3.63) is 0 Å². The Kier molecular flexibility index (Phi) is 11.7. The number of likely N-dealkylation sites (tertiary alicyclic amines) is 2. The number of piperidine rings is 2. The van der Waals surface area contributed by atoms with Crippen LogP contribution < -0.4 is 0 Å². The van der Waals surface area contributed by atoms with Crippen molar-refractivity contribution in [2.24, 2.45) is 0 Å². The summed E-state index contributed by atoms with van der Waals surface area (Å²) < 4.78 is 11.9. The molecule has 2 aliphatic rings. The minimum Gasteiger partial charge on any atom is -0.462 e. The van der Waals surface area contributed by atoms with Gasteiger partial charge < -0.3 is 9.47 Å². The first-order valence-corrected chi connectivity index (χ1v) is 15.5. The van der Waals surface area contributed by atoms with Gasteiger partial charge in [0, 0.05) is 60.7 Å². The maximum atomic E-state index is 12.6. The molecule has 38 heavy (non-hydrogen) atoms. The van der Waals surface area contributed by atoms with Crippen LogP contribution >= 0.6 is 0 Å². The zero-order chi connectivity index (χ0) is 28.8. The van der Waals surface area contributed by atoms with E-state index in [4.69, 9.17) is 9.47 Å². The summed E-state index contributed by atoms with van der Waals surface area (Å²) in [6.45, 7) is 24.8. The van der Waals surface area contributed by atoms with Crippen LogP contribution in [0.4, 0.5) is 0 Å². The zero-order valence-corrected chi connectivity index (χ0v) is 26.6. The molecule has 222 valence electrons. The fourth-order valence-electron chi connectivity index (χ4n) is 7.49. The van der Waals surface area contributed by atoms with E-state index in [0.717, 1.165) is 38.8 Å². The molecule has 0 unspecified atom stereocenters. The Hall–Kier alpha value is -1.14. The molecule has 0 radical (unpaired) electrons. The van der Waals surface area contributed by atoms with Gasteiger partial charge in [-0.05, 0) is 94.2 Å². The average Bonchev–Trinajstić information content (AvgIpc) is 2.73. The van der Waals surface area contributed by atoms with Gasteiger partial charge in [-0.3, -0.25) is 19.4 Å². The van der Waals surface area contributed by atoms with E-state index in [-0.39, 0.29) is 46.3 Å². The van der Waals surface area contributed by atoms with Crippen LogP contribution in [0.5, 0.6) is 0 Å². The highest BCUT2D eigenvalue weighted by Crippen LogP contribution is 2.41. The van der Waals surface area contributed by atoms with Crippen molar-refractivity contribution in [1.82, 2.24) is 9.80 Å². The van der Waals surface area contributed by atoms with Gasteiger partial charge in [-0.15, -0.1) is 0 Å². The van der Waals surface area contributed by atoms with Crippen LogP contribution in [0, 0.1) is 0 Å². The van der Waals surface area contributed by atoms with Gasteiger partial charge in [0.1, 0.15) is 12.2 Å². The maximum Gasteiger partial charge on any atom is 0.306 e. The number of carbonyl (C=O) groups is 2. The number of hydrogen-bond donors (Lipinski definition) is 0. The predicted molar refractivity (Wildman–Crippen MR) is 156 cm³/mol. The lowest BCUT2D eigenvalue weighted by Crippen LogP contribution is -2.62. The maximum absolute atomic E-state index is 12.6. The molecule has 6 nitrogen and oxygen atoms in total. The summed E-state index contributed by atoms with van der Waals surface area (Å²) in [6.07, 6.45) is 10.1. The Labute approximate surface area is 234 Å². The van der Waals surface area contributed by atoms with Gasteiger partial charge in [-0.25, -0.2) is 0 Å². The standard InChI is InChI=1S/C32H60N2O4/c1-11-13-19-33-29(3,4)21-25(22-30(33,5)6)37-27(35)17-15-16-18-28(36)38-26-23-31(7,8)34(20-14-12-2)32(9,10)24-26/h25-26H,11-24H2,1-10H3. The topological polar surface area (TPSA) is 59.1 Å². The van der Waals surface area contributed by atoms with Gasteiger partial charge in [0.25, 0.3) is 0 Å². The highest BCUT2D eigenvalue weighted by Gasteiger charge is 2.47. The first-order chi connectivity index (χ1) is 17.5. The van der Waals surface area contributed by atoms with E-state index in [1.807, 2.05) is 0 Å². The molecule has 2 fully saturated rings. The molecule has 0 atom stereocenters. The first-order valence-electron chi connectivity index (χ1n) is 15.5. The molecule has 2 heterocycles. The number of carbonyl (C=O) groups excluding carboxylic acids is 2. The van der Waals surface area contributed by atoms with Crippen LogP contribution in [0.25, 0.3) is 0 Å². The number of nitrogens with zero attached hydrogens (tertiary/aromatic N) is 2. The lowest BCUT2D eigenvalue weighted by Gasteiger charge is -2.55. The van der Waals surface area contributed by atoms with Gasteiger partial charge in [0.15, 0.2) is 0 Å². The first kappa shape index (κ1) is 33.1. The van der Waals surface area contributed by atoms with Crippen molar-refractivity contribution < 1.29 is 19.1 Å². The van der Waals surface area contributed by atoms with E-state index in [2.05, 4.69) is 79.0 Å². The summed E-state index contributed by atoms with van der Waals surface area (Å²) in [7, 11) is 0. The third-order valence-electron chi connectivity index (χ3n) is 8.91. The average molecular weight is 537 g/mol. The van der Waals surface area contributed by atoms with Gasteiger partial charge in [-0.1, -0.05) is 26.7 Å². The molecular formula is C32H60N2O4. The normalized spacial score (nSPS) is 23.7. The van der Waals surface area contributed by atoms with Crippen LogP contribution in [-0.4, -0.2) is 69.2 Å². The number of ether oxygens (including phenoxy) is 2. The van der Waals surface area contributed by atoms with E-state index in [1.54, 1.807) is 0 Å². The third-order valence-corrected chi connectivity index (χ3v) is 8.91. The third kappa shape index (κ3) is 9.21. The highest BCUT2D eigenvalue weighted by atomic mass is 16.5. The summed E-state index contributed by atoms with van der Waals surface area (Å²) in [5.41, 5.74) is 0.00360. The van der Waals surface area contributed by atoms with Gasteiger partial charge >= 0.3 is 11.9 Å². The Bertz CT molecular complexity index is 673. The van der Waals surface area contributed by atoms with Crippen LogP contribution in [0.2, 0.25) is 0 Å². The molecule has 0 N–H and O–H groups in total. The second-order valence-electron chi connectivity index (χ2n) is 14.5. The molecule has 2 saturated heterocycles. The fourth-order valence-corrected chi connectivity index (χ4v) is 7.49. The molecule has 0 aromatic rings. The number of esters is 2. The van der Waals surface area contributed by atoms with Gasteiger partial charge in [0.05, 0.1) is 0 Å². The Morgan fingerprint density at radius 1 is 0.579 bits per heavy atom. The summed E-state index contributed by atoms with van der Waals surface area (Å²) in [5.74, 6) is -0.278. The molecule has 2 rings (SSSR count). The summed E-state index contributed by atoms with van der Waals surface area (Å²) in [4.78, 5) is 30.5. The Morgan fingerprint density at radius 2 is 0.868 bits per heavy atom. The van der Waals surface area contributed by atoms with E-state index >= 15 is 0 Å². The van der Waals surface area contributed by atoms with Crippen LogP contribution in [0.1, 0.15) is 146 Å². The summed E-state index contributed by atoms with van der Waals surface area (Å²) >= 11 is 0. The zero-order valence-electron chi connectivity index (χ0n) is 26.6. The van der Waals surface area contributed by atoms with Crippen LogP contribution in [0.3, 0.4) is 0 Å². The van der Waals surface area contributed by atoms with Crippen molar-refractivity contribution in [3.63, 3.8) is 0 Å². The van der Waals surface area contributed by atoms with E-state index in [9.17, 15) is 9.59 Å². The van der Waals surface area contributed by atoms with Gasteiger partial charge in [-0.2, -0.15) is 0 Å². The lowest BCUT2D eigenvalue weighted by molar-refractivity contribution is -0.163. The molecule has 0 aromatic heterocycles. The number of rotatable bonds is 13. The predicted octanol–water partition coefficient (Wildman–Crippen LogP) is 7.28. The van der Waals surface area contributed by atoms with Crippen molar-refractivity contribution >= 4 is 11.9 Å². The van der Waals surface area contributed by atoms with Crippen molar-refractivity contribution in [2.45, 2.75) is 181 Å². The minimum absolute atomic E-state index is 0.000899. The molecule has 6 heteroatoms. The monoisotopic (exact) mass is 536 g/mol. The highest BCUT2D eigenvalue weighted by molar-refractivity contribution is 5.71. The molecule has 0 spiro atoms. The minimum atomic E-state index is -0.139. The van der Waals surface area contributed by atoms with Crippen molar-refractivity contribution in [1.29, 1.82) is 0 Å². The molecule has 0 saturated carbocycles. The quantitative estimate of drug-likeness (QED) is 0.182. The number of unbranched alkanes of at least 4 members (excludes halogenated alkanes) is 3. The largest absolute Gasteiger partial charge is 0.462 e. The SMILES string of the molecule is CCCCN1C(C)(C)CC(OC(=O)CCCCC(=O)OC2CC(C)(C)N(CCCC)C(C)(C)C2)CC1(C)C. The van der Waals surface area contributed by atoms with Crippen molar-refractivity contribution in [2.75, 3.05) is 13.1 Å². The van der Waals surface area contributed by atoms with E-state index < -0.39 is 0 Å². The van der Waals surface area contributed by atoms with E-state index in [0.29, 0.717) is 25.7 Å². The molecule has 2 aliphatic heterocycles.